The van der Waals surface area contributed by atoms with Crippen molar-refractivity contribution in [3.05, 3.63) is 59.4 Å². The van der Waals surface area contributed by atoms with Crippen molar-refractivity contribution in [2.24, 2.45) is 5.10 Å². The van der Waals surface area contributed by atoms with E-state index in [-0.39, 0.29) is 16.2 Å². The highest BCUT2D eigenvalue weighted by Gasteiger charge is 2.18. The molecule has 0 radical (unpaired) electrons. The molecule has 2 rings (SSSR count). The number of carbonyl (C=O) groups is 1. The fraction of sp³-hybridized carbons (Fsp3) is 0.176. The molecule has 0 spiro atoms. The van der Waals surface area contributed by atoms with Crippen LogP contribution in [-0.4, -0.2) is 46.0 Å². The highest BCUT2D eigenvalue weighted by molar-refractivity contribution is 7.89. The molecule has 0 bridgehead atoms. The number of methoxy groups -OCH3 is 1. The average Bonchev–Trinajstić information content (AvgIpc) is 2.61. The fourth-order valence-corrected chi connectivity index (χ4v) is 2.95. The van der Waals surface area contributed by atoms with E-state index in [1.807, 2.05) is 0 Å². The second-order valence-corrected chi connectivity index (χ2v) is 7.56. The van der Waals surface area contributed by atoms with Gasteiger partial charge in [0.15, 0.2) is 11.6 Å². The molecule has 0 unspecified atom stereocenters. The van der Waals surface area contributed by atoms with Crippen LogP contribution >= 0.6 is 0 Å². The number of halogens is 1. The lowest BCUT2D eigenvalue weighted by molar-refractivity contribution is 0.0955. The SMILES string of the molecule is COc1ccc(/C=N\NC(=O)c2cccc(S(=O)(=O)N(C)C)c2)cc1F. The summed E-state index contributed by atoms with van der Waals surface area (Å²) >= 11 is 0. The molecule has 0 heterocycles. The lowest BCUT2D eigenvalue weighted by Crippen LogP contribution is -2.23. The first-order valence-corrected chi connectivity index (χ1v) is 8.89. The summed E-state index contributed by atoms with van der Waals surface area (Å²) in [5.41, 5.74) is 2.83. The molecular weight excluding hydrogens is 361 g/mol. The molecule has 7 nitrogen and oxygen atoms in total. The third-order valence-corrected chi connectivity index (χ3v) is 5.24. The summed E-state index contributed by atoms with van der Waals surface area (Å²) in [5.74, 6) is -1.04. The first-order valence-electron chi connectivity index (χ1n) is 7.45. The average molecular weight is 379 g/mol. The molecule has 26 heavy (non-hydrogen) atoms. The lowest BCUT2D eigenvalue weighted by Gasteiger charge is -2.11. The Labute approximate surface area is 151 Å². The Balaban J connectivity index is 2.12. The van der Waals surface area contributed by atoms with Crippen LogP contribution < -0.4 is 10.2 Å². The minimum atomic E-state index is -3.65. The molecule has 9 heteroatoms. The number of rotatable bonds is 6. The van der Waals surface area contributed by atoms with Crippen molar-refractivity contribution >= 4 is 22.1 Å². The van der Waals surface area contributed by atoms with E-state index in [1.165, 1.54) is 63.8 Å². The van der Waals surface area contributed by atoms with Crippen molar-refractivity contribution in [3.63, 3.8) is 0 Å². The van der Waals surface area contributed by atoms with E-state index in [2.05, 4.69) is 10.5 Å². The highest BCUT2D eigenvalue weighted by atomic mass is 32.2. The highest BCUT2D eigenvalue weighted by Crippen LogP contribution is 2.17. The number of hydrogen-bond donors (Lipinski definition) is 1. The summed E-state index contributed by atoms with van der Waals surface area (Å²) in [6.07, 6.45) is 1.26. The maximum Gasteiger partial charge on any atom is 0.271 e. The van der Waals surface area contributed by atoms with Crippen molar-refractivity contribution in [2.45, 2.75) is 4.90 Å². The molecule has 0 saturated carbocycles. The Bertz CT molecular complexity index is 943. The number of nitrogens with one attached hydrogen (secondary N) is 1. The molecule has 0 aliphatic carbocycles. The zero-order chi connectivity index (χ0) is 19.3. The van der Waals surface area contributed by atoms with E-state index >= 15 is 0 Å². The van der Waals surface area contributed by atoms with Crippen LogP contribution in [0.25, 0.3) is 0 Å². The molecular formula is C17H18FN3O4S. The van der Waals surface area contributed by atoms with Crippen LogP contribution in [0.3, 0.4) is 0 Å². The maximum atomic E-state index is 13.6. The molecule has 0 aromatic heterocycles. The summed E-state index contributed by atoms with van der Waals surface area (Å²) in [5, 5.41) is 3.75. The molecule has 0 aliphatic rings. The number of amides is 1. The zero-order valence-corrected chi connectivity index (χ0v) is 15.2. The second-order valence-electron chi connectivity index (χ2n) is 5.41. The number of sulfonamides is 1. The van der Waals surface area contributed by atoms with Gasteiger partial charge >= 0.3 is 0 Å². The van der Waals surface area contributed by atoms with Gasteiger partial charge in [0.1, 0.15) is 0 Å². The Kier molecular flexibility index (Phi) is 6.06. The van der Waals surface area contributed by atoms with Gasteiger partial charge in [0.25, 0.3) is 5.91 Å². The van der Waals surface area contributed by atoms with E-state index in [0.29, 0.717) is 5.56 Å². The van der Waals surface area contributed by atoms with Crippen molar-refractivity contribution in [2.75, 3.05) is 21.2 Å². The third kappa shape index (κ3) is 4.44. The van der Waals surface area contributed by atoms with Crippen molar-refractivity contribution < 1.29 is 22.3 Å². The maximum absolute atomic E-state index is 13.6. The van der Waals surface area contributed by atoms with Gasteiger partial charge in [0.2, 0.25) is 10.0 Å². The molecule has 0 atom stereocenters. The summed E-state index contributed by atoms with van der Waals surface area (Å²) < 4.78 is 43.7. The van der Waals surface area contributed by atoms with Gasteiger partial charge in [-0.3, -0.25) is 4.79 Å². The molecule has 0 fully saturated rings. The van der Waals surface area contributed by atoms with E-state index in [1.54, 1.807) is 6.07 Å². The molecule has 2 aromatic rings. The van der Waals surface area contributed by atoms with Crippen LogP contribution in [0.2, 0.25) is 0 Å². The number of hydrazone groups is 1. The molecule has 2 aromatic carbocycles. The monoisotopic (exact) mass is 379 g/mol. The Morgan fingerprint density at radius 2 is 1.96 bits per heavy atom. The van der Waals surface area contributed by atoms with E-state index in [4.69, 9.17) is 4.74 Å². The number of hydrogen-bond acceptors (Lipinski definition) is 5. The fourth-order valence-electron chi connectivity index (χ4n) is 2.00. The van der Waals surface area contributed by atoms with Crippen LogP contribution in [-0.2, 0) is 10.0 Å². The van der Waals surface area contributed by atoms with Gasteiger partial charge < -0.3 is 4.74 Å². The summed E-state index contributed by atoms with van der Waals surface area (Å²) in [4.78, 5) is 12.1. The first kappa shape index (κ1) is 19.5. The molecule has 0 saturated heterocycles. The van der Waals surface area contributed by atoms with Gasteiger partial charge in [-0.2, -0.15) is 5.10 Å². The predicted octanol–water partition coefficient (Wildman–Crippen LogP) is 1.85. The third-order valence-electron chi connectivity index (χ3n) is 3.43. The minimum absolute atomic E-state index is 0.00337. The van der Waals surface area contributed by atoms with E-state index in [0.717, 1.165) is 4.31 Å². The quantitative estimate of drug-likeness (QED) is 0.613. The van der Waals surface area contributed by atoms with Crippen molar-refractivity contribution in [1.29, 1.82) is 0 Å². The van der Waals surface area contributed by atoms with Gasteiger partial charge in [-0.05, 0) is 42.0 Å². The van der Waals surface area contributed by atoms with Crippen LogP contribution in [0.1, 0.15) is 15.9 Å². The minimum Gasteiger partial charge on any atom is -0.494 e. The molecule has 1 N–H and O–H groups in total. The standard InChI is InChI=1S/C17H18FN3O4S/c1-21(2)26(23,24)14-6-4-5-13(10-14)17(22)20-19-11-12-7-8-16(25-3)15(18)9-12/h4-11H,1-3H3,(H,20,22)/b19-11-. The van der Waals surface area contributed by atoms with Crippen LogP contribution in [0, 0.1) is 5.82 Å². The Morgan fingerprint density at radius 1 is 1.23 bits per heavy atom. The van der Waals surface area contributed by atoms with Gasteiger partial charge in [-0.25, -0.2) is 22.5 Å². The van der Waals surface area contributed by atoms with Gasteiger partial charge in [-0.1, -0.05) is 6.07 Å². The topological polar surface area (TPSA) is 88.1 Å². The van der Waals surface area contributed by atoms with Crippen LogP contribution in [0.4, 0.5) is 4.39 Å². The predicted molar refractivity (Wildman–Crippen MR) is 95.3 cm³/mol. The van der Waals surface area contributed by atoms with E-state index in [9.17, 15) is 17.6 Å². The first-order chi connectivity index (χ1) is 12.3. The van der Waals surface area contributed by atoms with Gasteiger partial charge in [0.05, 0.1) is 18.2 Å². The zero-order valence-electron chi connectivity index (χ0n) is 14.4. The van der Waals surface area contributed by atoms with Gasteiger partial charge in [0, 0.05) is 19.7 Å². The normalized spacial score (nSPS) is 11.7. The smallest absolute Gasteiger partial charge is 0.271 e. The van der Waals surface area contributed by atoms with Crippen molar-refractivity contribution in [1.82, 2.24) is 9.73 Å². The summed E-state index contributed by atoms with van der Waals surface area (Å²) in [6, 6.07) is 9.80. The molecule has 1 amide bonds. The van der Waals surface area contributed by atoms with E-state index < -0.39 is 21.7 Å². The molecule has 0 aliphatic heterocycles. The summed E-state index contributed by atoms with van der Waals surface area (Å²) in [6.45, 7) is 0. The summed E-state index contributed by atoms with van der Waals surface area (Å²) in [7, 11) is 0.518. The Morgan fingerprint density at radius 3 is 2.58 bits per heavy atom. The number of nitrogens with zero attached hydrogens (tertiary/aromatic N) is 2. The largest absolute Gasteiger partial charge is 0.494 e. The number of ether oxygens (including phenoxy) is 1. The number of carbonyl (C=O) groups excluding carboxylic acids is 1. The van der Waals surface area contributed by atoms with Crippen LogP contribution in [0.15, 0.2) is 52.5 Å². The van der Waals surface area contributed by atoms with Gasteiger partial charge in [-0.15, -0.1) is 0 Å². The number of benzene rings is 2. The Hall–Kier alpha value is -2.78. The van der Waals surface area contributed by atoms with Crippen molar-refractivity contribution in [3.8, 4) is 5.75 Å². The lowest BCUT2D eigenvalue weighted by atomic mass is 10.2. The molecule has 138 valence electrons. The van der Waals surface area contributed by atoms with Crippen LogP contribution in [0.5, 0.6) is 5.75 Å². The second kappa shape index (κ2) is 8.07.